The molecule has 0 rings (SSSR count). The summed E-state index contributed by atoms with van der Waals surface area (Å²) in [7, 11) is 0. The Morgan fingerprint density at radius 3 is 2.44 bits per heavy atom. The lowest BCUT2D eigenvalue weighted by atomic mass is 10.4. The summed E-state index contributed by atoms with van der Waals surface area (Å²) in [6, 6.07) is 0. The largest absolute Gasteiger partial charge is 0.116 e. The van der Waals surface area contributed by atoms with Crippen LogP contribution in [-0.4, -0.2) is 9.45 Å². The Morgan fingerprint density at radius 2 is 2.11 bits per heavy atom. The molecule has 0 N–H and O–H groups in total. The van der Waals surface area contributed by atoms with Crippen molar-refractivity contribution in [2.24, 2.45) is 0 Å². The normalized spacial score (nSPS) is 13.2. The molecule has 1 atom stereocenters. The molecule has 9 heavy (non-hydrogen) atoms. The van der Waals surface area contributed by atoms with Crippen LogP contribution in [-0.2, 0) is 0 Å². The van der Waals surface area contributed by atoms with E-state index in [1.807, 2.05) is 11.8 Å². The van der Waals surface area contributed by atoms with Gasteiger partial charge < -0.3 is 0 Å². The van der Waals surface area contributed by atoms with Gasteiger partial charge in [0.15, 0.2) is 0 Å². The summed E-state index contributed by atoms with van der Waals surface area (Å²) in [6.07, 6.45) is 2.25. The fraction of sp³-hybridized carbons (Fsp3) is 0.857. The zero-order valence-electron chi connectivity index (χ0n) is 6.31. The molecule has 0 aromatic rings. The van der Waals surface area contributed by atoms with Crippen LogP contribution in [0.15, 0.2) is 0 Å². The molecule has 0 aromatic carbocycles. The number of rotatable bonds is 3. The van der Waals surface area contributed by atoms with Gasteiger partial charge in [0.05, 0.1) is 0 Å². The molecule has 0 aliphatic heterocycles. The van der Waals surface area contributed by atoms with Crippen LogP contribution in [0.1, 0.15) is 33.6 Å². The van der Waals surface area contributed by atoms with Crippen LogP contribution >= 0.6 is 24.0 Å². The molecule has 0 aliphatic rings. The number of hydrogen-bond donors (Lipinski definition) is 0. The van der Waals surface area contributed by atoms with Gasteiger partial charge in [-0.1, -0.05) is 33.0 Å². The van der Waals surface area contributed by atoms with Crippen LogP contribution in [0.4, 0.5) is 0 Å². The van der Waals surface area contributed by atoms with E-state index in [2.05, 4.69) is 20.8 Å². The van der Waals surface area contributed by atoms with Crippen molar-refractivity contribution in [3.63, 3.8) is 0 Å². The first-order valence-electron chi connectivity index (χ1n) is 3.40. The molecule has 0 nitrogen and oxygen atoms in total. The molecular weight excluding hydrogens is 148 g/mol. The number of hydrogen-bond acceptors (Lipinski definition) is 2. The Morgan fingerprint density at radius 1 is 1.56 bits per heavy atom. The lowest BCUT2D eigenvalue weighted by Gasteiger charge is -2.06. The summed E-state index contributed by atoms with van der Waals surface area (Å²) in [5, 5.41) is 0.706. The van der Waals surface area contributed by atoms with Crippen LogP contribution in [0.3, 0.4) is 0 Å². The maximum Gasteiger partial charge on any atom is 0.0478 e. The first kappa shape index (κ1) is 9.44. The highest BCUT2D eigenvalue weighted by molar-refractivity contribution is 8.23. The van der Waals surface area contributed by atoms with Crippen LogP contribution in [0, 0.1) is 0 Å². The van der Waals surface area contributed by atoms with Gasteiger partial charge in [0, 0.05) is 9.45 Å². The second-order valence-corrected chi connectivity index (χ2v) is 4.35. The molecule has 0 heterocycles. The quantitative estimate of drug-likeness (QED) is 0.584. The average Bonchev–Trinajstić information content (AvgIpc) is 1.87. The minimum atomic E-state index is 0.706. The molecule has 0 aliphatic carbocycles. The van der Waals surface area contributed by atoms with E-state index in [1.165, 1.54) is 6.42 Å². The fourth-order valence-corrected chi connectivity index (χ4v) is 1.67. The molecule has 0 aromatic heterocycles. The Kier molecular flexibility index (Phi) is 5.50. The third-order valence-electron chi connectivity index (χ3n) is 1.20. The van der Waals surface area contributed by atoms with Gasteiger partial charge in [0.2, 0.25) is 0 Å². The molecule has 0 fully saturated rings. The van der Waals surface area contributed by atoms with Crippen molar-refractivity contribution in [2.45, 2.75) is 38.9 Å². The van der Waals surface area contributed by atoms with E-state index in [1.54, 1.807) is 0 Å². The minimum Gasteiger partial charge on any atom is -0.116 e. The van der Waals surface area contributed by atoms with Gasteiger partial charge >= 0.3 is 0 Å². The molecule has 0 spiro atoms. The van der Waals surface area contributed by atoms with E-state index in [4.69, 9.17) is 12.2 Å². The second-order valence-electron chi connectivity index (χ2n) is 2.06. The van der Waals surface area contributed by atoms with Crippen LogP contribution in [0.5, 0.6) is 0 Å². The summed E-state index contributed by atoms with van der Waals surface area (Å²) in [5.74, 6) is 0. The molecule has 54 valence electrons. The minimum absolute atomic E-state index is 0.706. The van der Waals surface area contributed by atoms with Gasteiger partial charge in [-0.25, -0.2) is 0 Å². The number of thiocarbonyl (C=S) groups is 1. The molecule has 0 saturated heterocycles. The first-order chi connectivity index (χ1) is 4.20. The van der Waals surface area contributed by atoms with E-state index < -0.39 is 0 Å². The van der Waals surface area contributed by atoms with Crippen molar-refractivity contribution in [3.05, 3.63) is 0 Å². The average molecular weight is 162 g/mol. The predicted molar refractivity (Wildman–Crippen MR) is 50.2 cm³/mol. The molecular formula is C7H14S2. The van der Waals surface area contributed by atoms with Gasteiger partial charge in [-0.2, -0.15) is 0 Å². The Labute approximate surface area is 67.4 Å². The third-order valence-corrected chi connectivity index (χ3v) is 3.06. The smallest absolute Gasteiger partial charge is 0.0478 e. The van der Waals surface area contributed by atoms with Crippen molar-refractivity contribution < 1.29 is 0 Å². The molecule has 1 unspecified atom stereocenters. The first-order valence-corrected chi connectivity index (χ1v) is 4.69. The summed E-state index contributed by atoms with van der Waals surface area (Å²) < 4.78 is 1.14. The summed E-state index contributed by atoms with van der Waals surface area (Å²) in [6.45, 7) is 6.51. The summed E-state index contributed by atoms with van der Waals surface area (Å²) >= 11 is 6.89. The summed E-state index contributed by atoms with van der Waals surface area (Å²) in [5.41, 5.74) is 0. The highest BCUT2D eigenvalue weighted by Gasteiger charge is 2.00. The van der Waals surface area contributed by atoms with Gasteiger partial charge in [0.25, 0.3) is 0 Å². The van der Waals surface area contributed by atoms with Gasteiger partial charge in [-0.15, -0.1) is 11.8 Å². The van der Waals surface area contributed by atoms with E-state index >= 15 is 0 Å². The maximum absolute atomic E-state index is 5.06. The fourth-order valence-electron chi connectivity index (χ4n) is 0.391. The topological polar surface area (TPSA) is 0 Å². The lowest BCUT2D eigenvalue weighted by molar-refractivity contribution is 0.911. The van der Waals surface area contributed by atoms with Crippen molar-refractivity contribution in [1.29, 1.82) is 0 Å². The highest BCUT2D eigenvalue weighted by atomic mass is 32.2. The zero-order chi connectivity index (χ0) is 7.28. The maximum atomic E-state index is 5.06. The van der Waals surface area contributed by atoms with Crippen LogP contribution < -0.4 is 0 Å². The molecule has 2 heteroatoms. The second kappa shape index (κ2) is 5.24. The summed E-state index contributed by atoms with van der Waals surface area (Å²) in [4.78, 5) is 0. The van der Waals surface area contributed by atoms with E-state index in [-0.39, 0.29) is 0 Å². The van der Waals surface area contributed by atoms with Crippen molar-refractivity contribution in [1.82, 2.24) is 0 Å². The molecule has 0 radical (unpaired) electrons. The lowest BCUT2D eigenvalue weighted by Crippen LogP contribution is -1.96. The molecule has 0 saturated carbocycles. The third kappa shape index (κ3) is 4.91. The van der Waals surface area contributed by atoms with Gasteiger partial charge in [-0.3, -0.25) is 0 Å². The molecule has 0 bridgehead atoms. The van der Waals surface area contributed by atoms with E-state index in [9.17, 15) is 0 Å². The SMILES string of the molecule is CCC(=S)SC(C)CC. The van der Waals surface area contributed by atoms with Gasteiger partial charge in [0.1, 0.15) is 0 Å². The highest BCUT2D eigenvalue weighted by Crippen LogP contribution is 2.17. The monoisotopic (exact) mass is 162 g/mol. The standard InChI is InChI=1S/C7H14S2/c1-4-6(3)9-7(8)5-2/h6H,4-5H2,1-3H3. The Bertz CT molecular complexity index is 88.9. The Balaban J connectivity index is 3.34. The number of thioether (sulfide) groups is 1. The Hall–Kier alpha value is 0.440. The zero-order valence-corrected chi connectivity index (χ0v) is 7.94. The predicted octanol–water partition coefficient (Wildman–Crippen LogP) is 3.26. The molecule has 0 amide bonds. The van der Waals surface area contributed by atoms with Crippen molar-refractivity contribution in [2.75, 3.05) is 0 Å². The van der Waals surface area contributed by atoms with Crippen molar-refractivity contribution in [3.8, 4) is 0 Å². The van der Waals surface area contributed by atoms with E-state index in [0.29, 0.717) is 5.25 Å². The van der Waals surface area contributed by atoms with Crippen LogP contribution in [0.25, 0.3) is 0 Å². The van der Waals surface area contributed by atoms with Crippen molar-refractivity contribution >= 4 is 28.2 Å². The van der Waals surface area contributed by atoms with Crippen LogP contribution in [0.2, 0.25) is 0 Å². The van der Waals surface area contributed by atoms with E-state index in [0.717, 1.165) is 10.6 Å². The van der Waals surface area contributed by atoms with Gasteiger partial charge in [-0.05, 0) is 12.8 Å².